The molecule has 18 nitrogen and oxygen atoms in total. The number of aromatic nitrogens is 2. The van der Waals surface area contributed by atoms with Crippen LogP contribution < -0.4 is 16.2 Å². The number of phenols is 1. The number of ether oxygens (including phenoxy) is 3. The number of rotatable bonds is 11. The van der Waals surface area contributed by atoms with Crippen LogP contribution in [0.2, 0.25) is 10.0 Å². The number of nitrogens with two attached hydrogens (primary N) is 2. The lowest BCUT2D eigenvalue weighted by Gasteiger charge is -2.28. The summed E-state index contributed by atoms with van der Waals surface area (Å²) in [5.41, 5.74) is 14.0. The number of unbranched alkanes of at least 4 members (excludes halogenated alkanes) is 1. The molecule has 4 aromatic heterocycles. The lowest BCUT2D eigenvalue weighted by Crippen LogP contribution is -2.18. The smallest absolute Gasteiger partial charge is 0.345 e. The van der Waals surface area contributed by atoms with Gasteiger partial charge in [0, 0.05) is 62.8 Å². The molecule has 9 aromatic rings. The Morgan fingerprint density at radius 2 is 1.16 bits per heavy atom. The van der Waals surface area contributed by atoms with Crippen LogP contribution in [0.25, 0.3) is 21.8 Å². The summed E-state index contributed by atoms with van der Waals surface area (Å²) in [5.74, 6) is -0.520. The molecule has 10 rings (SSSR count). The van der Waals surface area contributed by atoms with Gasteiger partial charge >= 0.3 is 30.0 Å². The minimum Gasteiger partial charge on any atom is -0.507 e. The third-order valence-corrected chi connectivity index (χ3v) is 15.4. The van der Waals surface area contributed by atoms with E-state index in [9.17, 15) is 53.7 Å². The van der Waals surface area contributed by atoms with Crippen molar-refractivity contribution in [2.45, 2.75) is 84.8 Å². The molecule has 0 spiro atoms. The number of benzene rings is 5. The van der Waals surface area contributed by atoms with Crippen molar-refractivity contribution in [1.82, 2.24) is 9.13 Å². The highest BCUT2D eigenvalue weighted by molar-refractivity contribution is 7.12. The summed E-state index contributed by atoms with van der Waals surface area (Å²) in [6.07, 6.45) is 5.89. The molecule has 2 amide bonds. The normalized spacial score (nSPS) is 12.4. The van der Waals surface area contributed by atoms with Crippen molar-refractivity contribution < 1.29 is 67.9 Å². The van der Waals surface area contributed by atoms with Crippen LogP contribution in [0.4, 0.5) is 9.59 Å². The number of carbonyl (C=O) groups excluding carboxylic acids is 8. The van der Waals surface area contributed by atoms with E-state index < -0.39 is 48.0 Å². The number of hydrogen-bond donors (Lipinski definition) is 5. The Morgan fingerprint density at radius 1 is 0.678 bits per heavy atom. The highest BCUT2D eigenvalue weighted by Gasteiger charge is 2.35. The van der Waals surface area contributed by atoms with E-state index in [-0.39, 0.29) is 50.6 Å². The number of cyclic esters (lactones) is 1. The highest BCUT2D eigenvalue weighted by atomic mass is 35.5. The molecule has 1 aliphatic heterocycles. The van der Waals surface area contributed by atoms with Gasteiger partial charge in [0.2, 0.25) is 23.3 Å². The van der Waals surface area contributed by atoms with Crippen molar-refractivity contribution in [3.8, 4) is 35.6 Å². The molecule has 22 heteroatoms. The summed E-state index contributed by atoms with van der Waals surface area (Å²) in [6, 6.07) is 30.7. The first-order chi connectivity index (χ1) is 41.0. The Labute approximate surface area is 517 Å². The Bertz CT molecular complexity index is 4020. The second-order valence-corrected chi connectivity index (χ2v) is 24.2. The summed E-state index contributed by atoms with van der Waals surface area (Å²) < 4.78 is 17.1. The second kappa shape index (κ2) is 27.2. The third-order valence-electron chi connectivity index (χ3n) is 13.2. The molecule has 87 heavy (non-hydrogen) atoms. The fraction of sp³-hybridized carbons (Fsp3) is 0.200. The van der Waals surface area contributed by atoms with Crippen molar-refractivity contribution in [2.75, 3.05) is 0 Å². The second-order valence-electron chi connectivity index (χ2n) is 21.4. The van der Waals surface area contributed by atoms with Crippen molar-refractivity contribution in [3.05, 3.63) is 196 Å². The number of aromatic hydroxyl groups is 3. The molecule has 448 valence electrons. The number of phenolic OH excluding ortho intramolecular Hbond substituents is 1. The topological polar surface area (TPSA) is 287 Å². The number of nitrogens with zero attached hydrogens (tertiary/aromatic N) is 2. The van der Waals surface area contributed by atoms with E-state index in [1.54, 1.807) is 83.6 Å². The average molecular weight is 1250 g/mol. The number of fused-ring (bicyclic) bond motifs is 3. The van der Waals surface area contributed by atoms with E-state index in [0.29, 0.717) is 83.3 Å². The lowest BCUT2D eigenvalue weighted by molar-refractivity contribution is -0.131. The first-order valence-corrected chi connectivity index (χ1v) is 29.0. The van der Waals surface area contributed by atoms with Crippen molar-refractivity contribution in [2.24, 2.45) is 11.5 Å². The largest absolute Gasteiger partial charge is 0.507 e. The Hall–Kier alpha value is -9.52. The van der Waals surface area contributed by atoms with Gasteiger partial charge < -0.3 is 41.0 Å². The molecule has 5 aromatic carbocycles. The number of carbonyl (C=O) groups is 8. The molecule has 1 unspecified atom stereocenters. The third kappa shape index (κ3) is 14.8. The predicted molar refractivity (Wildman–Crippen MR) is 333 cm³/mol. The number of primary amides is 2. The van der Waals surface area contributed by atoms with Crippen LogP contribution in [0.1, 0.15) is 152 Å². The van der Waals surface area contributed by atoms with Crippen molar-refractivity contribution >= 4 is 115 Å². The fourth-order valence-electron chi connectivity index (χ4n) is 9.13. The van der Waals surface area contributed by atoms with Gasteiger partial charge in [-0.15, -0.1) is 35.0 Å². The zero-order chi connectivity index (χ0) is 63.8. The Morgan fingerprint density at radius 3 is 1.61 bits per heavy atom. The van der Waals surface area contributed by atoms with Crippen LogP contribution in [0, 0.1) is 12.3 Å². The number of terminal acetylenes is 1. The zero-order valence-corrected chi connectivity index (χ0v) is 51.1. The summed E-state index contributed by atoms with van der Waals surface area (Å²) in [4.78, 5) is 96.6. The molecule has 1 atom stereocenters. The molecule has 0 aliphatic carbocycles. The maximum Gasteiger partial charge on any atom is 0.345 e. The minimum absolute atomic E-state index is 0.0220. The Balaban J connectivity index is 0.000000166. The maximum atomic E-state index is 12.5. The summed E-state index contributed by atoms with van der Waals surface area (Å²) in [6.45, 7) is 13.5. The van der Waals surface area contributed by atoms with Gasteiger partial charge in [0.1, 0.15) is 17.1 Å². The first-order valence-electron chi connectivity index (χ1n) is 26.5. The van der Waals surface area contributed by atoms with E-state index in [2.05, 4.69) is 5.92 Å². The van der Waals surface area contributed by atoms with E-state index in [1.807, 2.05) is 53.7 Å². The minimum atomic E-state index is -1.11. The van der Waals surface area contributed by atoms with Crippen LogP contribution in [-0.2, 0) is 25.1 Å². The van der Waals surface area contributed by atoms with Gasteiger partial charge in [-0.3, -0.25) is 19.2 Å². The number of halogens is 2. The molecule has 0 saturated carbocycles. The van der Waals surface area contributed by atoms with Gasteiger partial charge in [-0.25, -0.2) is 28.3 Å². The van der Waals surface area contributed by atoms with Crippen molar-refractivity contribution in [1.29, 1.82) is 0 Å². The molecule has 0 radical (unpaired) electrons. The van der Waals surface area contributed by atoms with E-state index in [1.165, 1.54) is 66.0 Å². The van der Waals surface area contributed by atoms with Gasteiger partial charge in [0.05, 0.1) is 37.5 Å². The van der Waals surface area contributed by atoms with Crippen LogP contribution in [0.15, 0.2) is 132 Å². The lowest BCUT2D eigenvalue weighted by atomic mass is 9.78. The van der Waals surface area contributed by atoms with E-state index in [4.69, 9.17) is 55.3 Å². The van der Waals surface area contributed by atoms with Crippen LogP contribution in [0.5, 0.6) is 23.3 Å². The monoisotopic (exact) mass is 1250 g/mol. The molecule has 5 heterocycles. The highest BCUT2D eigenvalue weighted by Crippen LogP contribution is 2.41. The SMILES string of the molecule is C#CCCCC(=O)c1cc(C(C)(C)C)c(O)c(C(C)(C)C)c1.CC(=O)Oc1ccccc1C(=O)OC1OC(=O)c2ccccc21.NC(=O)n1c(O)c(C(=O)c2cccs2)c2cc(Cl)ccc21.NC(=O)n1c(O)c(C(=O)c2cccs2)c2cc(Cl)ccc21. The molecular formula is C65H58Cl2N4O14S2. The fourth-order valence-corrected chi connectivity index (χ4v) is 10.8. The number of Topliss-reactive ketones (excluding diaryl/α,β-unsaturated/α-hetero) is 1. The van der Waals surface area contributed by atoms with Crippen LogP contribution >= 0.6 is 45.9 Å². The average Bonchev–Trinajstić information content (AvgIpc) is 1.75. The van der Waals surface area contributed by atoms with E-state index >= 15 is 0 Å². The molecular weight excluding hydrogens is 1200 g/mol. The molecule has 0 bridgehead atoms. The molecule has 7 N–H and O–H groups in total. The van der Waals surface area contributed by atoms with Crippen LogP contribution in [0.3, 0.4) is 0 Å². The summed E-state index contributed by atoms with van der Waals surface area (Å²) >= 11 is 14.4. The number of thiophene rings is 2. The molecule has 0 fully saturated rings. The van der Waals surface area contributed by atoms with Crippen molar-refractivity contribution in [3.63, 3.8) is 0 Å². The number of esters is 3. The number of ketones is 3. The van der Waals surface area contributed by atoms with Gasteiger partial charge in [0.15, 0.2) is 5.78 Å². The van der Waals surface area contributed by atoms with Gasteiger partial charge in [-0.2, -0.15) is 0 Å². The van der Waals surface area contributed by atoms with Gasteiger partial charge in [-0.05, 0) is 107 Å². The van der Waals surface area contributed by atoms with Crippen LogP contribution in [-0.4, -0.2) is 71.8 Å². The molecule has 0 saturated heterocycles. The number of hydrogen-bond acceptors (Lipinski definition) is 16. The van der Waals surface area contributed by atoms with Gasteiger partial charge in [-0.1, -0.05) is 107 Å². The first kappa shape index (κ1) is 65.0. The number of amides is 2. The Kier molecular flexibility index (Phi) is 20.4. The standard InChI is InChI=1S/C20H28O2.C17H12O6.2C14H9ClN2O3S/c1-8-9-10-11-17(21)14-12-15(19(2,3)4)18(22)16(13-14)20(5,6)7;1-10(18)21-14-9-5-4-8-13(14)16(20)23-17-12-7-3-2-6-11(12)15(19)22-17;2*15-7-3-4-9-8(6-7)11(13(19)17(9)14(16)20)12(18)10-2-1-5-21-10/h1,12-13,22H,9-11H2,2-7H3;2-9,17H,1H3;2*1-6,19H,(H2,16,20). The van der Waals surface area contributed by atoms with Gasteiger partial charge in [0.25, 0.3) is 6.29 Å². The number of para-hydroxylation sites is 1. The predicted octanol–water partition coefficient (Wildman–Crippen LogP) is 14.1. The summed E-state index contributed by atoms with van der Waals surface area (Å²) in [7, 11) is 0. The quantitative estimate of drug-likeness (QED) is 0.0265. The summed E-state index contributed by atoms with van der Waals surface area (Å²) in [5, 5.41) is 36.2. The molecule has 1 aliphatic rings. The maximum absolute atomic E-state index is 12.5. The van der Waals surface area contributed by atoms with E-state index in [0.717, 1.165) is 20.3 Å². The zero-order valence-electron chi connectivity index (χ0n) is 47.9.